The van der Waals surface area contributed by atoms with Crippen LogP contribution in [-0.4, -0.2) is 70.3 Å². The molecule has 2 fully saturated rings. The van der Waals surface area contributed by atoms with Gasteiger partial charge in [-0.15, -0.1) is 0 Å². The lowest BCUT2D eigenvalue weighted by Crippen LogP contribution is -2.62. The minimum Gasteiger partial charge on any atom is -0.385 e. The van der Waals surface area contributed by atoms with Crippen molar-refractivity contribution in [3.63, 3.8) is 0 Å². The number of nitro groups is 1. The molecule has 3 heterocycles. The van der Waals surface area contributed by atoms with Crippen molar-refractivity contribution in [3.8, 4) is 0 Å². The van der Waals surface area contributed by atoms with Gasteiger partial charge in [-0.25, -0.2) is 14.4 Å². The first-order valence-electron chi connectivity index (χ1n) is 11.8. The number of esters is 2. The van der Waals surface area contributed by atoms with Gasteiger partial charge in [-0.1, -0.05) is 20.8 Å². The highest BCUT2D eigenvalue weighted by atomic mass is 16.6. The van der Waals surface area contributed by atoms with Crippen molar-refractivity contribution in [3.05, 3.63) is 51.2 Å². The summed E-state index contributed by atoms with van der Waals surface area (Å²) < 4.78 is 5.14. The second-order valence-electron chi connectivity index (χ2n) is 9.84. The highest BCUT2D eigenvalue weighted by molar-refractivity contribution is 6.06. The molecule has 192 valence electrons. The Kier molecular flexibility index (Phi) is 6.81. The van der Waals surface area contributed by atoms with E-state index < -0.39 is 22.9 Å². The molecule has 3 amide bonds. The van der Waals surface area contributed by atoms with Crippen LogP contribution in [0.3, 0.4) is 0 Å². The standard InChI is InChI=1S/C24H29N5O7/c1-12(2)18-19-13(3)17(11-27-9-8-15(10-27)26-24(25)33)20(28(19)21(18)30)23(32)36-22(31)14-4-6-16(7-5-14)29(34)35/h4-7,12-13,15,18-19H,8-11H2,1-3H3,(H3,25,26,33)/t13-,15-,18+,19+/m0/s1. The van der Waals surface area contributed by atoms with Gasteiger partial charge in [-0.05, 0) is 30.0 Å². The molecule has 0 spiro atoms. The number of primary amides is 1. The zero-order valence-corrected chi connectivity index (χ0v) is 20.3. The van der Waals surface area contributed by atoms with E-state index in [0.29, 0.717) is 31.6 Å². The van der Waals surface area contributed by atoms with Crippen molar-refractivity contribution in [1.82, 2.24) is 15.1 Å². The van der Waals surface area contributed by atoms with Gasteiger partial charge in [-0.3, -0.25) is 19.8 Å². The fourth-order valence-electron chi connectivity index (χ4n) is 5.48. The van der Waals surface area contributed by atoms with Crippen LogP contribution in [0, 0.1) is 27.9 Å². The molecule has 0 aromatic heterocycles. The summed E-state index contributed by atoms with van der Waals surface area (Å²) >= 11 is 0. The Balaban J connectivity index is 1.57. The maximum atomic E-state index is 13.3. The number of carbonyl (C=O) groups excluding carboxylic acids is 4. The van der Waals surface area contributed by atoms with Gasteiger partial charge >= 0.3 is 18.0 Å². The SMILES string of the molecule is CC(C)[C@H]1C(=O)N2C(C(=O)OC(=O)c3ccc([N+](=O)[O-])cc3)=C(CN3CC[C@H](NC(N)=O)C3)[C@H](C)[C@H]12. The van der Waals surface area contributed by atoms with Gasteiger partial charge in [-0.2, -0.15) is 0 Å². The van der Waals surface area contributed by atoms with Gasteiger partial charge < -0.3 is 20.7 Å². The van der Waals surface area contributed by atoms with E-state index in [1.807, 2.05) is 20.8 Å². The Labute approximate surface area is 207 Å². The summed E-state index contributed by atoms with van der Waals surface area (Å²) in [6.07, 6.45) is 0.698. The minimum absolute atomic E-state index is 0.0198. The minimum atomic E-state index is -0.960. The third kappa shape index (κ3) is 4.55. The molecule has 0 bridgehead atoms. The Hall–Kier alpha value is -3.80. The number of non-ortho nitro benzene ring substituents is 1. The molecule has 0 radical (unpaired) electrons. The number of urea groups is 1. The lowest BCUT2D eigenvalue weighted by atomic mass is 9.74. The molecule has 0 saturated carbocycles. The molecule has 1 aromatic rings. The predicted octanol–water partition coefficient (Wildman–Crippen LogP) is 1.41. The van der Waals surface area contributed by atoms with Crippen LogP contribution in [0.4, 0.5) is 10.5 Å². The number of nitrogens with two attached hydrogens (primary N) is 1. The van der Waals surface area contributed by atoms with Gasteiger partial charge in [0.2, 0.25) is 5.91 Å². The molecule has 1 aromatic carbocycles. The van der Waals surface area contributed by atoms with Crippen LogP contribution in [0.1, 0.15) is 37.6 Å². The molecule has 2 saturated heterocycles. The third-order valence-corrected chi connectivity index (χ3v) is 7.22. The molecule has 12 heteroatoms. The second kappa shape index (κ2) is 9.69. The number of carbonyl (C=O) groups is 4. The van der Waals surface area contributed by atoms with E-state index in [1.54, 1.807) is 0 Å². The van der Waals surface area contributed by atoms with Crippen LogP contribution in [0.15, 0.2) is 35.5 Å². The number of amides is 3. The lowest BCUT2D eigenvalue weighted by Gasteiger charge is -2.47. The molecule has 3 aliphatic rings. The van der Waals surface area contributed by atoms with Gasteiger partial charge in [0.1, 0.15) is 5.70 Å². The first-order valence-corrected chi connectivity index (χ1v) is 11.8. The molecular weight excluding hydrogens is 470 g/mol. The van der Waals surface area contributed by atoms with Crippen molar-refractivity contribution in [2.24, 2.45) is 23.5 Å². The van der Waals surface area contributed by atoms with Crippen LogP contribution in [-0.2, 0) is 14.3 Å². The molecule has 4 rings (SSSR count). The van der Waals surface area contributed by atoms with Crippen molar-refractivity contribution >= 4 is 29.6 Å². The summed E-state index contributed by atoms with van der Waals surface area (Å²) in [6.45, 7) is 7.46. The lowest BCUT2D eigenvalue weighted by molar-refractivity contribution is -0.384. The molecule has 12 nitrogen and oxygen atoms in total. The van der Waals surface area contributed by atoms with Gasteiger partial charge in [0.25, 0.3) is 5.69 Å². The Morgan fingerprint density at radius 2 is 1.89 bits per heavy atom. The van der Waals surface area contributed by atoms with Gasteiger partial charge in [0.05, 0.1) is 22.4 Å². The predicted molar refractivity (Wildman–Crippen MR) is 126 cm³/mol. The number of fused-ring (bicyclic) bond motifs is 1. The highest BCUT2D eigenvalue weighted by Gasteiger charge is 2.59. The van der Waals surface area contributed by atoms with E-state index in [2.05, 4.69) is 10.2 Å². The summed E-state index contributed by atoms with van der Waals surface area (Å²) in [5.41, 5.74) is 5.81. The summed E-state index contributed by atoms with van der Waals surface area (Å²) in [5, 5.41) is 13.5. The zero-order valence-electron chi connectivity index (χ0n) is 20.3. The Morgan fingerprint density at radius 1 is 1.22 bits per heavy atom. The van der Waals surface area contributed by atoms with Crippen LogP contribution in [0.25, 0.3) is 0 Å². The quantitative estimate of drug-likeness (QED) is 0.187. The molecule has 0 aliphatic carbocycles. The topological polar surface area (TPSA) is 165 Å². The van der Waals surface area contributed by atoms with Crippen molar-refractivity contribution < 1.29 is 28.8 Å². The van der Waals surface area contributed by atoms with E-state index in [0.717, 1.165) is 12.1 Å². The largest absolute Gasteiger partial charge is 0.385 e. The average molecular weight is 500 g/mol. The number of ether oxygens (including phenoxy) is 1. The van der Waals surface area contributed by atoms with E-state index in [1.165, 1.54) is 17.0 Å². The molecule has 3 aliphatic heterocycles. The number of benzene rings is 1. The molecule has 3 N–H and O–H groups in total. The third-order valence-electron chi connectivity index (χ3n) is 7.22. The molecule has 36 heavy (non-hydrogen) atoms. The summed E-state index contributed by atoms with van der Waals surface area (Å²) in [4.78, 5) is 63.9. The normalized spacial score (nSPS) is 25.6. The number of likely N-dealkylation sites (tertiary alicyclic amines) is 1. The second-order valence-corrected chi connectivity index (χ2v) is 9.84. The van der Waals surface area contributed by atoms with Crippen LogP contribution in [0.2, 0.25) is 0 Å². The number of nitro benzene ring substituents is 1. The fraction of sp³-hybridized carbons (Fsp3) is 0.500. The van der Waals surface area contributed by atoms with E-state index >= 15 is 0 Å². The number of β-lactam (4-membered cyclic amide) rings is 1. The fourth-order valence-corrected chi connectivity index (χ4v) is 5.48. The summed E-state index contributed by atoms with van der Waals surface area (Å²) in [7, 11) is 0. The zero-order chi connectivity index (χ0) is 26.3. The molecule has 4 atom stereocenters. The van der Waals surface area contributed by atoms with Crippen LogP contribution < -0.4 is 11.1 Å². The number of hydrogen-bond donors (Lipinski definition) is 2. The van der Waals surface area contributed by atoms with Crippen molar-refractivity contribution in [2.45, 2.75) is 39.3 Å². The highest BCUT2D eigenvalue weighted by Crippen LogP contribution is 2.49. The first-order chi connectivity index (χ1) is 17.0. The maximum absolute atomic E-state index is 13.3. The summed E-state index contributed by atoms with van der Waals surface area (Å²) in [6, 6.07) is 3.81. The smallest absolute Gasteiger partial charge is 0.362 e. The van der Waals surface area contributed by atoms with Gasteiger partial charge in [0, 0.05) is 43.7 Å². The Bertz CT molecular complexity index is 1150. The number of rotatable bonds is 7. The van der Waals surface area contributed by atoms with E-state index in [-0.39, 0.29) is 52.7 Å². The van der Waals surface area contributed by atoms with Crippen molar-refractivity contribution in [2.75, 3.05) is 19.6 Å². The number of nitrogens with one attached hydrogen (secondary N) is 1. The number of hydrogen-bond acceptors (Lipinski definition) is 8. The monoisotopic (exact) mass is 499 g/mol. The van der Waals surface area contributed by atoms with E-state index in [9.17, 15) is 29.3 Å². The van der Waals surface area contributed by atoms with Crippen molar-refractivity contribution in [1.29, 1.82) is 0 Å². The maximum Gasteiger partial charge on any atom is 0.362 e. The summed E-state index contributed by atoms with van der Waals surface area (Å²) in [5.74, 6) is -2.36. The first kappa shape index (κ1) is 25.3. The Morgan fingerprint density at radius 3 is 2.47 bits per heavy atom. The number of nitrogens with zero attached hydrogens (tertiary/aromatic N) is 3. The molecular formula is C24H29N5O7. The van der Waals surface area contributed by atoms with Gasteiger partial charge in [0.15, 0.2) is 0 Å². The average Bonchev–Trinajstić information content (AvgIpc) is 3.33. The molecule has 0 unspecified atom stereocenters. The van der Waals surface area contributed by atoms with E-state index in [4.69, 9.17) is 10.5 Å². The van der Waals surface area contributed by atoms with Crippen LogP contribution in [0.5, 0.6) is 0 Å². The van der Waals surface area contributed by atoms with Crippen LogP contribution >= 0.6 is 0 Å².